The molecule has 96 valence electrons. The summed E-state index contributed by atoms with van der Waals surface area (Å²) in [6.45, 7) is 12.2. The smallest absolute Gasteiger partial charge is 0.236 e. The van der Waals surface area contributed by atoms with Crippen molar-refractivity contribution in [2.75, 3.05) is 6.54 Å². The zero-order valence-electron chi connectivity index (χ0n) is 10.7. The summed E-state index contributed by atoms with van der Waals surface area (Å²) in [6, 6.07) is 0. The Morgan fingerprint density at radius 3 is 2.53 bits per heavy atom. The number of carbonyl (C=O) groups is 1. The van der Waals surface area contributed by atoms with Crippen LogP contribution < -0.4 is 5.32 Å². The largest absolute Gasteiger partial charge is 0.355 e. The summed E-state index contributed by atoms with van der Waals surface area (Å²) in [5, 5.41) is 3.01. The van der Waals surface area contributed by atoms with Crippen LogP contribution in [-0.4, -0.2) is 16.8 Å². The normalized spacial score (nSPS) is 28.8. The predicted molar refractivity (Wildman–Crippen MR) is 76.1 cm³/mol. The first-order valence-electron chi connectivity index (χ1n) is 6.10. The number of hydrogen-bond acceptors (Lipinski definition) is 1. The number of nitrogens with one attached hydrogen (secondary N) is 1. The van der Waals surface area contributed by atoms with E-state index in [0.29, 0.717) is 17.8 Å². The van der Waals surface area contributed by atoms with Crippen LogP contribution in [0.3, 0.4) is 0 Å². The van der Waals surface area contributed by atoms with Crippen LogP contribution >= 0.6 is 15.9 Å². The SMILES string of the molecule is C=CC1CC(C=C)C(CNC(=O)C(C)(C)Br)C1. The van der Waals surface area contributed by atoms with Gasteiger partial charge in [-0.25, -0.2) is 0 Å². The highest BCUT2D eigenvalue weighted by molar-refractivity contribution is 9.10. The van der Waals surface area contributed by atoms with Crippen molar-refractivity contribution in [2.45, 2.75) is 31.0 Å². The molecule has 0 aromatic heterocycles. The fraction of sp³-hybridized carbons (Fsp3) is 0.643. The summed E-state index contributed by atoms with van der Waals surface area (Å²) >= 11 is 3.36. The summed E-state index contributed by atoms with van der Waals surface area (Å²) < 4.78 is -0.493. The maximum absolute atomic E-state index is 11.8. The summed E-state index contributed by atoms with van der Waals surface area (Å²) in [7, 11) is 0. The van der Waals surface area contributed by atoms with E-state index in [1.807, 2.05) is 26.0 Å². The topological polar surface area (TPSA) is 29.1 Å². The minimum absolute atomic E-state index is 0.0439. The van der Waals surface area contributed by atoms with Gasteiger partial charge in [0.1, 0.15) is 0 Å². The molecule has 3 heteroatoms. The zero-order chi connectivity index (χ0) is 13.1. The zero-order valence-corrected chi connectivity index (χ0v) is 12.3. The van der Waals surface area contributed by atoms with Gasteiger partial charge in [-0.1, -0.05) is 28.1 Å². The van der Waals surface area contributed by atoms with Crippen LogP contribution in [0.15, 0.2) is 25.3 Å². The Morgan fingerprint density at radius 2 is 2.06 bits per heavy atom. The third-order valence-electron chi connectivity index (χ3n) is 3.49. The first kappa shape index (κ1) is 14.5. The third kappa shape index (κ3) is 3.98. The molecule has 1 saturated carbocycles. The summed E-state index contributed by atoms with van der Waals surface area (Å²) in [5.74, 6) is 1.60. The molecule has 1 aliphatic carbocycles. The van der Waals surface area contributed by atoms with Gasteiger partial charge in [0.25, 0.3) is 0 Å². The third-order valence-corrected chi connectivity index (χ3v) is 3.85. The Morgan fingerprint density at radius 1 is 1.41 bits per heavy atom. The molecule has 0 saturated heterocycles. The van der Waals surface area contributed by atoms with Gasteiger partial charge in [-0.2, -0.15) is 0 Å². The van der Waals surface area contributed by atoms with Crippen molar-refractivity contribution in [1.82, 2.24) is 5.32 Å². The highest BCUT2D eigenvalue weighted by Gasteiger charge is 2.32. The number of rotatable bonds is 5. The molecule has 1 amide bonds. The van der Waals surface area contributed by atoms with E-state index >= 15 is 0 Å². The number of halogens is 1. The maximum Gasteiger partial charge on any atom is 0.236 e. The van der Waals surface area contributed by atoms with Crippen molar-refractivity contribution in [3.63, 3.8) is 0 Å². The highest BCUT2D eigenvalue weighted by Crippen LogP contribution is 2.37. The number of allylic oxidation sites excluding steroid dienone is 2. The van der Waals surface area contributed by atoms with Crippen LogP contribution in [0.2, 0.25) is 0 Å². The molecule has 0 heterocycles. The Bertz CT molecular complexity index is 306. The molecule has 0 radical (unpaired) electrons. The molecule has 17 heavy (non-hydrogen) atoms. The van der Waals surface area contributed by atoms with Crippen LogP contribution in [0, 0.1) is 17.8 Å². The second kappa shape index (κ2) is 5.85. The minimum atomic E-state index is -0.493. The van der Waals surface area contributed by atoms with Gasteiger partial charge in [-0.3, -0.25) is 4.79 Å². The van der Waals surface area contributed by atoms with Gasteiger partial charge in [-0.05, 0) is 44.4 Å². The van der Waals surface area contributed by atoms with E-state index < -0.39 is 4.32 Å². The van der Waals surface area contributed by atoms with E-state index in [4.69, 9.17) is 0 Å². The van der Waals surface area contributed by atoms with Crippen molar-refractivity contribution in [3.8, 4) is 0 Å². The Kier molecular flexibility index (Phi) is 4.99. The van der Waals surface area contributed by atoms with Gasteiger partial charge in [0.05, 0.1) is 4.32 Å². The molecule has 1 rings (SSSR count). The summed E-state index contributed by atoms with van der Waals surface area (Å²) in [5.41, 5.74) is 0. The second-order valence-electron chi connectivity index (χ2n) is 5.31. The lowest BCUT2D eigenvalue weighted by Gasteiger charge is -2.20. The predicted octanol–water partition coefficient (Wildman–Crippen LogP) is 3.29. The molecule has 1 fully saturated rings. The average Bonchev–Trinajstić information content (AvgIpc) is 2.66. The second-order valence-corrected chi connectivity index (χ2v) is 7.29. The standard InChI is InChI=1S/C14H22BrNO/c1-5-10-7-11(6-2)12(8-10)9-16-13(17)14(3,4)15/h5-6,10-12H,1-2,7-9H2,3-4H3,(H,16,17). The molecule has 1 N–H and O–H groups in total. The van der Waals surface area contributed by atoms with Crippen molar-refractivity contribution in [3.05, 3.63) is 25.3 Å². The van der Waals surface area contributed by atoms with E-state index in [1.54, 1.807) is 0 Å². The summed E-state index contributed by atoms with van der Waals surface area (Å²) in [6.07, 6.45) is 6.25. The number of carbonyl (C=O) groups excluding carboxylic acids is 1. The summed E-state index contributed by atoms with van der Waals surface area (Å²) in [4.78, 5) is 11.8. The molecular formula is C14H22BrNO. The lowest BCUT2D eigenvalue weighted by Crippen LogP contribution is -2.40. The fourth-order valence-corrected chi connectivity index (χ4v) is 2.49. The van der Waals surface area contributed by atoms with Gasteiger partial charge in [0, 0.05) is 6.54 Å². The van der Waals surface area contributed by atoms with E-state index in [1.165, 1.54) is 0 Å². The van der Waals surface area contributed by atoms with E-state index in [0.717, 1.165) is 19.4 Å². The van der Waals surface area contributed by atoms with Crippen LogP contribution in [-0.2, 0) is 4.79 Å². The van der Waals surface area contributed by atoms with E-state index in [-0.39, 0.29) is 5.91 Å². The van der Waals surface area contributed by atoms with E-state index in [9.17, 15) is 4.79 Å². The lowest BCUT2D eigenvalue weighted by atomic mass is 9.96. The highest BCUT2D eigenvalue weighted by atomic mass is 79.9. The molecule has 0 bridgehead atoms. The Labute approximate surface area is 113 Å². The first-order chi connectivity index (χ1) is 7.88. The van der Waals surface area contributed by atoms with Crippen molar-refractivity contribution >= 4 is 21.8 Å². The van der Waals surface area contributed by atoms with Crippen LogP contribution in [0.1, 0.15) is 26.7 Å². The van der Waals surface area contributed by atoms with Crippen LogP contribution in [0.5, 0.6) is 0 Å². The monoisotopic (exact) mass is 299 g/mol. The van der Waals surface area contributed by atoms with Crippen LogP contribution in [0.4, 0.5) is 0 Å². The van der Waals surface area contributed by atoms with Crippen LogP contribution in [0.25, 0.3) is 0 Å². The Balaban J connectivity index is 2.49. The van der Waals surface area contributed by atoms with Gasteiger partial charge >= 0.3 is 0 Å². The van der Waals surface area contributed by atoms with Gasteiger partial charge in [0.2, 0.25) is 5.91 Å². The van der Waals surface area contributed by atoms with Crippen molar-refractivity contribution in [2.24, 2.45) is 17.8 Å². The number of hydrogen-bond donors (Lipinski definition) is 1. The number of amides is 1. The molecule has 0 aromatic carbocycles. The average molecular weight is 300 g/mol. The molecule has 0 aromatic rings. The van der Waals surface area contributed by atoms with Crippen molar-refractivity contribution < 1.29 is 4.79 Å². The minimum Gasteiger partial charge on any atom is -0.355 e. The van der Waals surface area contributed by atoms with E-state index in [2.05, 4.69) is 34.4 Å². The maximum atomic E-state index is 11.8. The molecule has 0 aliphatic heterocycles. The van der Waals surface area contributed by atoms with Gasteiger partial charge < -0.3 is 5.32 Å². The molecular weight excluding hydrogens is 278 g/mol. The lowest BCUT2D eigenvalue weighted by molar-refractivity contribution is -0.122. The molecule has 0 spiro atoms. The molecule has 3 atom stereocenters. The van der Waals surface area contributed by atoms with Crippen molar-refractivity contribution in [1.29, 1.82) is 0 Å². The molecule has 3 unspecified atom stereocenters. The molecule has 2 nitrogen and oxygen atoms in total. The first-order valence-corrected chi connectivity index (χ1v) is 6.90. The Hall–Kier alpha value is -0.570. The van der Waals surface area contributed by atoms with Gasteiger partial charge in [0.15, 0.2) is 0 Å². The molecule has 1 aliphatic rings. The quantitative estimate of drug-likeness (QED) is 0.612. The van der Waals surface area contributed by atoms with Gasteiger partial charge in [-0.15, -0.1) is 13.2 Å². The fourth-order valence-electron chi connectivity index (χ4n) is 2.35. The number of alkyl halides is 1.